The number of likely N-dealkylation sites (N-methyl/N-ethyl adjacent to an activating group) is 1. The number of nitrogens with two attached hydrogens (primary N) is 1. The minimum atomic E-state index is -0.376. The van der Waals surface area contributed by atoms with E-state index in [1.165, 1.54) is 11.9 Å². The van der Waals surface area contributed by atoms with Crippen LogP contribution < -0.4 is 5.84 Å². The van der Waals surface area contributed by atoms with Crippen LogP contribution in [0.2, 0.25) is 0 Å². The molecule has 0 aromatic rings. The Bertz CT molecular complexity index is 166. The van der Waals surface area contributed by atoms with E-state index >= 15 is 0 Å². The van der Waals surface area contributed by atoms with Crippen LogP contribution in [-0.4, -0.2) is 29.7 Å². The van der Waals surface area contributed by atoms with E-state index in [2.05, 4.69) is 0 Å². The molecule has 0 saturated heterocycles. The minimum absolute atomic E-state index is 0.0251. The van der Waals surface area contributed by atoms with E-state index in [0.717, 1.165) is 0 Å². The van der Waals surface area contributed by atoms with Crippen LogP contribution in [0.15, 0.2) is 0 Å². The average molecular weight is 158 g/mol. The lowest BCUT2D eigenvalue weighted by Gasteiger charge is -2.16. The van der Waals surface area contributed by atoms with Gasteiger partial charge in [0.15, 0.2) is 5.78 Å². The molecule has 0 bridgehead atoms. The zero-order valence-electron chi connectivity index (χ0n) is 7.13. The van der Waals surface area contributed by atoms with Gasteiger partial charge in [-0.1, -0.05) is 0 Å². The van der Waals surface area contributed by atoms with Crippen molar-refractivity contribution in [1.29, 1.82) is 0 Å². The maximum Gasteiger partial charge on any atom is 0.158 e. The summed E-state index contributed by atoms with van der Waals surface area (Å²) in [7, 11) is 1.60. The number of hydrazine groups is 1. The lowest BCUT2D eigenvalue weighted by atomic mass is 10.1. The van der Waals surface area contributed by atoms with Crippen LogP contribution in [0.3, 0.4) is 0 Å². The van der Waals surface area contributed by atoms with E-state index in [9.17, 15) is 9.59 Å². The Kier molecular flexibility index (Phi) is 3.92. The summed E-state index contributed by atoms with van der Waals surface area (Å²) in [5, 5.41) is 1.30. The van der Waals surface area contributed by atoms with Gasteiger partial charge in [-0.15, -0.1) is 0 Å². The smallest absolute Gasteiger partial charge is 0.158 e. The highest BCUT2D eigenvalue weighted by Crippen LogP contribution is 1.96. The van der Waals surface area contributed by atoms with Crippen LogP contribution in [0.25, 0.3) is 0 Å². The number of hydrogen-bond acceptors (Lipinski definition) is 4. The Morgan fingerprint density at radius 3 is 2.27 bits per heavy atom. The van der Waals surface area contributed by atoms with Crippen molar-refractivity contribution >= 4 is 11.6 Å². The molecule has 0 amide bonds. The summed E-state index contributed by atoms with van der Waals surface area (Å²) in [4.78, 5) is 21.6. The van der Waals surface area contributed by atoms with Crippen molar-refractivity contribution < 1.29 is 9.59 Å². The van der Waals surface area contributed by atoms with Crippen molar-refractivity contribution in [1.82, 2.24) is 5.01 Å². The molecule has 0 radical (unpaired) electrons. The molecular formula is C7H14N2O2. The largest absolute Gasteiger partial charge is 0.300 e. The SMILES string of the molecule is CC(=O)CC(=O)C(C)N(C)N. The number of carbonyl (C=O) groups excluding carboxylic acids is 2. The average Bonchev–Trinajstić information content (AvgIpc) is 1.84. The first-order valence-electron chi connectivity index (χ1n) is 3.44. The monoisotopic (exact) mass is 158 g/mol. The van der Waals surface area contributed by atoms with Crippen LogP contribution in [0, 0.1) is 0 Å². The third kappa shape index (κ3) is 3.85. The van der Waals surface area contributed by atoms with E-state index < -0.39 is 0 Å². The number of ketones is 2. The summed E-state index contributed by atoms with van der Waals surface area (Å²) < 4.78 is 0. The Morgan fingerprint density at radius 1 is 1.55 bits per heavy atom. The van der Waals surface area contributed by atoms with Gasteiger partial charge in [0.1, 0.15) is 5.78 Å². The van der Waals surface area contributed by atoms with E-state index in [1.807, 2.05) is 0 Å². The topological polar surface area (TPSA) is 63.4 Å². The molecule has 2 N–H and O–H groups in total. The highest BCUT2D eigenvalue weighted by molar-refractivity contribution is 6.00. The number of Topliss-reactive ketones (excluding diaryl/α,β-unsaturated/α-hetero) is 2. The summed E-state index contributed by atoms with van der Waals surface area (Å²) in [5.41, 5.74) is 0. The summed E-state index contributed by atoms with van der Waals surface area (Å²) in [5.74, 6) is 5.06. The van der Waals surface area contributed by atoms with Crippen LogP contribution >= 0.6 is 0 Å². The quantitative estimate of drug-likeness (QED) is 0.347. The maximum atomic E-state index is 11.1. The van der Waals surface area contributed by atoms with Crippen LogP contribution in [0.1, 0.15) is 20.3 Å². The van der Waals surface area contributed by atoms with Crippen LogP contribution in [0.5, 0.6) is 0 Å². The van der Waals surface area contributed by atoms with E-state index in [4.69, 9.17) is 5.84 Å². The highest BCUT2D eigenvalue weighted by Gasteiger charge is 2.16. The minimum Gasteiger partial charge on any atom is -0.300 e. The number of rotatable bonds is 4. The predicted octanol–water partition coefficient (Wildman–Crippen LogP) is -0.271. The van der Waals surface area contributed by atoms with Gasteiger partial charge in [-0.2, -0.15) is 0 Å². The zero-order valence-corrected chi connectivity index (χ0v) is 7.13. The molecule has 0 heterocycles. The first-order valence-corrected chi connectivity index (χ1v) is 3.44. The van der Waals surface area contributed by atoms with Gasteiger partial charge in [0.05, 0.1) is 12.5 Å². The second-order valence-corrected chi connectivity index (χ2v) is 2.69. The fourth-order valence-corrected chi connectivity index (χ4v) is 0.620. The second kappa shape index (κ2) is 4.20. The molecule has 0 fully saturated rings. The molecule has 0 aromatic carbocycles. The van der Waals surface area contributed by atoms with E-state index in [1.54, 1.807) is 14.0 Å². The molecule has 4 heteroatoms. The Balaban J connectivity index is 3.93. The molecule has 1 unspecified atom stereocenters. The fourth-order valence-electron chi connectivity index (χ4n) is 0.620. The summed E-state index contributed by atoms with van der Waals surface area (Å²) >= 11 is 0. The van der Waals surface area contributed by atoms with Crippen LogP contribution in [0.4, 0.5) is 0 Å². The molecular weight excluding hydrogens is 144 g/mol. The summed E-state index contributed by atoms with van der Waals surface area (Å²) in [6.45, 7) is 3.06. The molecule has 0 spiro atoms. The number of hydrogen-bond donors (Lipinski definition) is 1. The van der Waals surface area contributed by atoms with Crippen molar-refractivity contribution in [3.05, 3.63) is 0 Å². The number of carbonyl (C=O) groups is 2. The molecule has 0 rings (SSSR count). The second-order valence-electron chi connectivity index (χ2n) is 2.69. The van der Waals surface area contributed by atoms with Crippen molar-refractivity contribution in [3.8, 4) is 0 Å². The lowest BCUT2D eigenvalue weighted by Crippen LogP contribution is -2.41. The lowest BCUT2D eigenvalue weighted by molar-refractivity contribution is -0.128. The maximum absolute atomic E-state index is 11.1. The van der Waals surface area contributed by atoms with Gasteiger partial charge in [0, 0.05) is 7.05 Å². The van der Waals surface area contributed by atoms with E-state index in [-0.39, 0.29) is 24.0 Å². The molecule has 1 atom stereocenters. The molecule has 4 nitrogen and oxygen atoms in total. The molecule has 0 aromatic heterocycles. The Labute approximate surface area is 66.3 Å². The summed E-state index contributed by atoms with van der Waals surface area (Å²) in [6.07, 6.45) is -0.0251. The van der Waals surface area contributed by atoms with Crippen molar-refractivity contribution in [3.63, 3.8) is 0 Å². The molecule has 0 aliphatic carbocycles. The van der Waals surface area contributed by atoms with Crippen molar-refractivity contribution in [2.75, 3.05) is 7.05 Å². The molecule has 0 saturated carbocycles. The zero-order chi connectivity index (χ0) is 9.02. The van der Waals surface area contributed by atoms with Gasteiger partial charge in [0.2, 0.25) is 0 Å². The first-order chi connectivity index (χ1) is 4.95. The molecule has 64 valence electrons. The standard InChI is InChI=1S/C7H14N2O2/c1-5(10)4-7(11)6(2)9(3)8/h6H,4,8H2,1-3H3. The van der Waals surface area contributed by atoms with Gasteiger partial charge in [-0.25, -0.2) is 5.01 Å². The Morgan fingerprint density at radius 2 is 2.00 bits per heavy atom. The summed E-state index contributed by atoms with van der Waals surface area (Å²) in [6, 6.07) is -0.376. The third-order valence-corrected chi connectivity index (χ3v) is 1.50. The van der Waals surface area contributed by atoms with Gasteiger partial charge >= 0.3 is 0 Å². The highest BCUT2D eigenvalue weighted by atomic mass is 16.1. The molecule has 0 aliphatic heterocycles. The van der Waals surface area contributed by atoms with Gasteiger partial charge in [0.25, 0.3) is 0 Å². The fraction of sp³-hybridized carbons (Fsp3) is 0.714. The van der Waals surface area contributed by atoms with Gasteiger partial charge in [-0.3, -0.25) is 15.4 Å². The van der Waals surface area contributed by atoms with Crippen LogP contribution in [-0.2, 0) is 9.59 Å². The third-order valence-electron chi connectivity index (χ3n) is 1.50. The van der Waals surface area contributed by atoms with Gasteiger partial charge in [-0.05, 0) is 13.8 Å². The number of nitrogens with zero attached hydrogens (tertiary/aromatic N) is 1. The van der Waals surface area contributed by atoms with Crippen molar-refractivity contribution in [2.24, 2.45) is 5.84 Å². The normalized spacial score (nSPS) is 13.2. The predicted molar refractivity (Wildman–Crippen MR) is 41.7 cm³/mol. The first kappa shape index (κ1) is 10.3. The van der Waals surface area contributed by atoms with Crippen molar-refractivity contribution in [2.45, 2.75) is 26.3 Å². The van der Waals surface area contributed by atoms with E-state index in [0.29, 0.717) is 0 Å². The van der Waals surface area contributed by atoms with Gasteiger partial charge < -0.3 is 0 Å². The Hall–Kier alpha value is -0.740. The molecule has 0 aliphatic rings. The molecule has 11 heavy (non-hydrogen) atoms.